The summed E-state index contributed by atoms with van der Waals surface area (Å²) in [6.07, 6.45) is 3.03. The first-order valence-corrected chi connectivity index (χ1v) is 10.8. The van der Waals surface area contributed by atoms with Gasteiger partial charge in [-0.05, 0) is 49.3 Å². The number of hydrogen-bond acceptors (Lipinski definition) is 5. The Morgan fingerprint density at radius 1 is 1.41 bits per heavy atom. The molecule has 2 N–H and O–H groups in total. The van der Waals surface area contributed by atoms with Crippen LogP contribution in [0.3, 0.4) is 0 Å². The minimum absolute atomic E-state index is 0.0478. The lowest BCUT2D eigenvalue weighted by Gasteiger charge is -2.18. The molecule has 1 aliphatic carbocycles. The van der Waals surface area contributed by atoms with Crippen molar-refractivity contribution in [1.82, 2.24) is 9.55 Å². The van der Waals surface area contributed by atoms with Crippen molar-refractivity contribution in [3.05, 3.63) is 50.6 Å². The molecule has 0 fully saturated rings. The van der Waals surface area contributed by atoms with Gasteiger partial charge in [0.15, 0.2) is 5.16 Å². The molecule has 140 valence electrons. The number of nitrogens with two attached hydrogens (primary N) is 1. The molecule has 7 heteroatoms. The van der Waals surface area contributed by atoms with Crippen LogP contribution in [-0.2, 0) is 17.6 Å². The monoisotopic (exact) mass is 399 g/mol. The molecule has 1 atom stereocenters. The first-order chi connectivity index (χ1) is 13.0. The molecule has 0 radical (unpaired) electrons. The molecule has 1 aromatic carbocycles. The zero-order chi connectivity index (χ0) is 19.1. The quantitative estimate of drug-likeness (QED) is 0.538. The summed E-state index contributed by atoms with van der Waals surface area (Å²) in [5.74, 6) is 0.296. The van der Waals surface area contributed by atoms with Crippen molar-refractivity contribution in [3.63, 3.8) is 0 Å². The smallest absolute Gasteiger partial charge is 0.267 e. The van der Waals surface area contributed by atoms with Crippen LogP contribution in [0.5, 0.6) is 0 Å². The second-order valence-corrected chi connectivity index (χ2v) is 9.13. The molecule has 2 aromatic heterocycles. The van der Waals surface area contributed by atoms with Crippen molar-refractivity contribution in [1.29, 1.82) is 0 Å². The zero-order valence-corrected chi connectivity index (χ0v) is 17.0. The van der Waals surface area contributed by atoms with Gasteiger partial charge in [-0.2, -0.15) is 0 Å². The van der Waals surface area contributed by atoms with Crippen LogP contribution < -0.4 is 11.3 Å². The molecule has 5 nitrogen and oxygen atoms in total. The van der Waals surface area contributed by atoms with Gasteiger partial charge in [0.25, 0.3) is 5.56 Å². The largest absolute Gasteiger partial charge is 0.369 e. The molecule has 0 bridgehead atoms. The lowest BCUT2D eigenvalue weighted by atomic mass is 9.89. The Balaban J connectivity index is 1.99. The van der Waals surface area contributed by atoms with E-state index in [1.54, 1.807) is 15.9 Å². The molecule has 1 amide bonds. The Morgan fingerprint density at radius 2 is 2.19 bits per heavy atom. The summed E-state index contributed by atoms with van der Waals surface area (Å²) >= 11 is 2.84. The second-order valence-electron chi connectivity index (χ2n) is 7.11. The van der Waals surface area contributed by atoms with Crippen molar-refractivity contribution in [2.45, 2.75) is 38.3 Å². The van der Waals surface area contributed by atoms with Crippen molar-refractivity contribution >= 4 is 39.2 Å². The molecule has 0 unspecified atom stereocenters. The van der Waals surface area contributed by atoms with E-state index in [4.69, 9.17) is 10.7 Å². The third-order valence-electron chi connectivity index (χ3n) is 5.00. The lowest BCUT2D eigenvalue weighted by molar-refractivity contribution is -0.115. The van der Waals surface area contributed by atoms with Crippen LogP contribution in [0, 0.1) is 12.8 Å². The van der Waals surface area contributed by atoms with Gasteiger partial charge in [0.05, 0.1) is 16.8 Å². The SMILES string of the molecule is Cc1ccccc1-n1c(SCC(N)=O)nc2sc3c(c2c1=O)CC[C@@H](C)C3. The molecule has 0 aliphatic heterocycles. The minimum atomic E-state index is -0.426. The predicted molar refractivity (Wildman–Crippen MR) is 111 cm³/mol. The van der Waals surface area contributed by atoms with Crippen LogP contribution in [0.2, 0.25) is 0 Å². The van der Waals surface area contributed by atoms with E-state index in [-0.39, 0.29) is 11.3 Å². The number of aryl methyl sites for hydroxylation is 2. The average Bonchev–Trinajstić information content (AvgIpc) is 2.98. The molecular formula is C20H21N3O2S2. The molecule has 27 heavy (non-hydrogen) atoms. The number of rotatable bonds is 4. The standard InChI is InChI=1S/C20H21N3O2S2/c1-11-7-8-13-15(9-11)27-18-17(13)19(25)23(14-6-4-3-5-12(14)2)20(22-18)26-10-16(21)24/h3-6,11H,7-10H2,1-2H3,(H2,21,24)/t11-/m1/s1. The number of aromatic nitrogens is 2. The van der Waals surface area contributed by atoms with E-state index in [2.05, 4.69) is 6.92 Å². The number of amides is 1. The van der Waals surface area contributed by atoms with Gasteiger partial charge in [-0.3, -0.25) is 14.2 Å². The fourth-order valence-electron chi connectivity index (χ4n) is 3.63. The van der Waals surface area contributed by atoms with Gasteiger partial charge in [-0.15, -0.1) is 11.3 Å². The summed E-state index contributed by atoms with van der Waals surface area (Å²) in [6.45, 7) is 4.22. The van der Waals surface area contributed by atoms with Crippen LogP contribution in [-0.4, -0.2) is 21.2 Å². The van der Waals surface area contributed by atoms with Crippen molar-refractivity contribution < 1.29 is 4.79 Å². The first kappa shape index (κ1) is 18.3. The average molecular weight is 400 g/mol. The fourth-order valence-corrected chi connectivity index (χ4v) is 5.80. The van der Waals surface area contributed by atoms with Gasteiger partial charge in [0, 0.05) is 4.88 Å². The van der Waals surface area contributed by atoms with Crippen molar-refractivity contribution in [2.24, 2.45) is 11.7 Å². The van der Waals surface area contributed by atoms with Crippen LogP contribution >= 0.6 is 23.1 Å². The van der Waals surface area contributed by atoms with E-state index >= 15 is 0 Å². The Hall–Kier alpha value is -2.12. The number of carbonyl (C=O) groups is 1. The van der Waals surface area contributed by atoms with E-state index < -0.39 is 5.91 Å². The summed E-state index contributed by atoms with van der Waals surface area (Å²) in [4.78, 5) is 31.7. The van der Waals surface area contributed by atoms with Gasteiger partial charge in [0.1, 0.15) is 4.83 Å². The summed E-state index contributed by atoms with van der Waals surface area (Å²) in [5, 5.41) is 1.26. The molecular weight excluding hydrogens is 378 g/mol. The zero-order valence-electron chi connectivity index (χ0n) is 15.3. The highest BCUT2D eigenvalue weighted by Gasteiger charge is 2.25. The number of nitrogens with zero attached hydrogens (tertiary/aromatic N) is 2. The predicted octanol–water partition coefficient (Wildman–Crippen LogP) is 3.46. The third-order valence-corrected chi connectivity index (χ3v) is 7.11. The van der Waals surface area contributed by atoms with E-state index in [1.165, 1.54) is 22.2 Å². The molecule has 0 spiro atoms. The molecule has 0 saturated carbocycles. The van der Waals surface area contributed by atoms with E-state index in [1.807, 2.05) is 31.2 Å². The number of hydrogen-bond donors (Lipinski definition) is 1. The molecule has 0 saturated heterocycles. The number of carbonyl (C=O) groups excluding carboxylic acids is 1. The normalized spacial score (nSPS) is 16.4. The molecule has 3 aromatic rings. The van der Waals surface area contributed by atoms with Gasteiger partial charge >= 0.3 is 0 Å². The summed E-state index contributed by atoms with van der Waals surface area (Å²) in [6, 6.07) is 7.74. The maximum Gasteiger partial charge on any atom is 0.267 e. The van der Waals surface area contributed by atoms with Gasteiger partial charge in [-0.25, -0.2) is 4.98 Å². The Kier molecular flexibility index (Phi) is 4.82. The number of thiophene rings is 1. The van der Waals surface area contributed by atoms with Crippen molar-refractivity contribution in [2.75, 3.05) is 5.75 Å². The Bertz CT molecular complexity index is 1100. The number of thioether (sulfide) groups is 1. The highest BCUT2D eigenvalue weighted by molar-refractivity contribution is 7.99. The fraction of sp³-hybridized carbons (Fsp3) is 0.350. The Labute approximate surface area is 165 Å². The number of primary amides is 1. The topological polar surface area (TPSA) is 78.0 Å². The minimum Gasteiger partial charge on any atom is -0.369 e. The van der Waals surface area contributed by atoms with Crippen LogP contribution in [0.4, 0.5) is 0 Å². The molecule has 2 heterocycles. The van der Waals surface area contributed by atoms with E-state index in [0.717, 1.165) is 40.7 Å². The summed E-state index contributed by atoms with van der Waals surface area (Å²) < 4.78 is 1.65. The molecule has 1 aliphatic rings. The lowest BCUT2D eigenvalue weighted by Crippen LogP contribution is -2.24. The van der Waals surface area contributed by atoms with Gasteiger partial charge in [0.2, 0.25) is 5.91 Å². The number of para-hydroxylation sites is 1. The number of fused-ring (bicyclic) bond motifs is 3. The highest BCUT2D eigenvalue weighted by Crippen LogP contribution is 2.37. The van der Waals surface area contributed by atoms with Crippen LogP contribution in [0.25, 0.3) is 15.9 Å². The third kappa shape index (κ3) is 3.30. The van der Waals surface area contributed by atoms with Gasteiger partial charge < -0.3 is 5.73 Å². The van der Waals surface area contributed by atoms with Crippen LogP contribution in [0.1, 0.15) is 29.3 Å². The summed E-state index contributed by atoms with van der Waals surface area (Å²) in [5.41, 5.74) is 8.24. The van der Waals surface area contributed by atoms with Crippen LogP contribution in [0.15, 0.2) is 34.2 Å². The summed E-state index contributed by atoms with van der Waals surface area (Å²) in [7, 11) is 0. The molecule has 4 rings (SSSR count). The van der Waals surface area contributed by atoms with Gasteiger partial charge in [-0.1, -0.05) is 36.9 Å². The van der Waals surface area contributed by atoms with E-state index in [9.17, 15) is 9.59 Å². The van der Waals surface area contributed by atoms with Crippen molar-refractivity contribution in [3.8, 4) is 5.69 Å². The maximum absolute atomic E-state index is 13.6. The highest BCUT2D eigenvalue weighted by atomic mass is 32.2. The maximum atomic E-state index is 13.6. The first-order valence-electron chi connectivity index (χ1n) is 9.00. The van der Waals surface area contributed by atoms with E-state index in [0.29, 0.717) is 11.1 Å². The Morgan fingerprint density at radius 3 is 2.93 bits per heavy atom. The second kappa shape index (κ2) is 7.13. The number of benzene rings is 1.